The lowest BCUT2D eigenvalue weighted by atomic mass is 9.95. The van der Waals surface area contributed by atoms with Crippen LogP contribution in [0.2, 0.25) is 0 Å². The van der Waals surface area contributed by atoms with E-state index in [0.717, 1.165) is 41.0 Å². The summed E-state index contributed by atoms with van der Waals surface area (Å²) in [5, 5.41) is 7.32. The molecule has 0 aliphatic heterocycles. The van der Waals surface area contributed by atoms with E-state index in [1.165, 1.54) is 12.0 Å². The molecule has 1 aromatic carbocycles. The van der Waals surface area contributed by atoms with Crippen molar-refractivity contribution in [1.29, 1.82) is 0 Å². The number of thiophene rings is 2. The molecule has 2 amide bonds. The summed E-state index contributed by atoms with van der Waals surface area (Å²) in [6.45, 7) is 2.54. The summed E-state index contributed by atoms with van der Waals surface area (Å²) >= 11 is 3.16. The molecule has 174 valence electrons. The molecule has 1 saturated carbocycles. The van der Waals surface area contributed by atoms with Gasteiger partial charge in [0.25, 0.3) is 0 Å². The third-order valence-electron chi connectivity index (χ3n) is 6.37. The summed E-state index contributed by atoms with van der Waals surface area (Å²) in [4.78, 5) is 31.2. The number of aryl methyl sites for hydroxylation is 1. The van der Waals surface area contributed by atoms with E-state index in [1.54, 1.807) is 22.7 Å². The van der Waals surface area contributed by atoms with E-state index in [1.807, 2.05) is 59.0 Å². The van der Waals surface area contributed by atoms with Gasteiger partial charge in [-0.2, -0.15) is 0 Å². The zero-order valence-corrected chi connectivity index (χ0v) is 20.8. The van der Waals surface area contributed by atoms with E-state index in [9.17, 15) is 9.59 Å². The smallest absolute Gasteiger partial charge is 0.248 e. The molecule has 33 heavy (non-hydrogen) atoms. The van der Waals surface area contributed by atoms with Crippen LogP contribution in [0.15, 0.2) is 59.3 Å². The summed E-state index contributed by atoms with van der Waals surface area (Å²) in [6, 6.07) is 15.8. The van der Waals surface area contributed by atoms with Gasteiger partial charge >= 0.3 is 0 Å². The molecule has 3 aromatic rings. The Kier molecular flexibility index (Phi) is 8.35. The van der Waals surface area contributed by atoms with Crippen LogP contribution in [-0.2, 0) is 22.4 Å². The predicted molar refractivity (Wildman–Crippen MR) is 137 cm³/mol. The summed E-state index contributed by atoms with van der Waals surface area (Å²) in [5.74, 6) is -0.0370. The van der Waals surface area contributed by atoms with Gasteiger partial charge in [0, 0.05) is 22.3 Å². The third kappa shape index (κ3) is 6.33. The quantitative estimate of drug-likeness (QED) is 0.413. The van der Waals surface area contributed by atoms with E-state index in [-0.39, 0.29) is 17.9 Å². The van der Waals surface area contributed by atoms with Crippen LogP contribution in [0.25, 0.3) is 0 Å². The molecule has 2 aromatic heterocycles. The number of benzene rings is 1. The van der Waals surface area contributed by atoms with Gasteiger partial charge in [0.05, 0.1) is 6.42 Å². The Labute approximate surface area is 204 Å². The Hall–Kier alpha value is -2.44. The van der Waals surface area contributed by atoms with Gasteiger partial charge < -0.3 is 10.2 Å². The number of nitrogens with one attached hydrogen (secondary N) is 1. The van der Waals surface area contributed by atoms with Gasteiger partial charge in [0.15, 0.2) is 0 Å². The van der Waals surface area contributed by atoms with Gasteiger partial charge in [-0.1, -0.05) is 55.7 Å². The number of carbonyl (C=O) groups is 2. The molecule has 0 bridgehead atoms. The average molecular weight is 481 g/mol. The number of rotatable bonds is 9. The molecule has 6 heteroatoms. The first kappa shape index (κ1) is 23.7. The van der Waals surface area contributed by atoms with Crippen LogP contribution in [0.4, 0.5) is 0 Å². The highest BCUT2D eigenvalue weighted by Crippen LogP contribution is 2.31. The number of carbonyl (C=O) groups excluding carboxylic acids is 2. The van der Waals surface area contributed by atoms with Crippen molar-refractivity contribution in [1.82, 2.24) is 10.2 Å². The summed E-state index contributed by atoms with van der Waals surface area (Å²) in [7, 11) is 0. The SMILES string of the molecule is Cc1ccsc1[C@H](C(=O)NC1CCCCC1)N(CCc1ccccc1)C(=O)Cc1cccs1. The van der Waals surface area contributed by atoms with Gasteiger partial charge in [0.2, 0.25) is 11.8 Å². The Morgan fingerprint density at radius 3 is 2.45 bits per heavy atom. The molecule has 1 aliphatic rings. The number of nitrogens with zero attached hydrogens (tertiary/aromatic N) is 1. The minimum absolute atomic E-state index is 0.00461. The molecule has 0 spiro atoms. The zero-order chi connectivity index (χ0) is 23.0. The van der Waals surface area contributed by atoms with Crippen molar-refractivity contribution in [3.63, 3.8) is 0 Å². The Bertz CT molecular complexity index is 1020. The van der Waals surface area contributed by atoms with Gasteiger partial charge in [-0.15, -0.1) is 22.7 Å². The van der Waals surface area contributed by atoms with Gasteiger partial charge in [-0.05, 0) is 60.2 Å². The molecule has 0 saturated heterocycles. The first-order valence-electron chi connectivity index (χ1n) is 11.8. The normalized spacial score (nSPS) is 15.2. The fourth-order valence-electron chi connectivity index (χ4n) is 4.55. The van der Waals surface area contributed by atoms with Crippen molar-refractivity contribution in [2.45, 2.75) is 64.0 Å². The van der Waals surface area contributed by atoms with Gasteiger partial charge in [-0.3, -0.25) is 9.59 Å². The lowest BCUT2D eigenvalue weighted by molar-refractivity contribution is -0.140. The molecule has 2 heterocycles. The molecule has 4 nitrogen and oxygen atoms in total. The second kappa shape index (κ2) is 11.6. The molecule has 4 rings (SSSR count). The first-order chi connectivity index (χ1) is 16.1. The first-order valence-corrected chi connectivity index (χ1v) is 13.6. The second-order valence-electron chi connectivity index (χ2n) is 8.79. The highest BCUT2D eigenvalue weighted by atomic mass is 32.1. The van der Waals surface area contributed by atoms with Crippen molar-refractivity contribution in [3.05, 3.63) is 80.2 Å². The lowest BCUT2D eigenvalue weighted by Crippen LogP contribution is -2.48. The molecular weight excluding hydrogens is 448 g/mol. The molecule has 1 aliphatic carbocycles. The molecule has 1 N–H and O–H groups in total. The highest BCUT2D eigenvalue weighted by molar-refractivity contribution is 7.10. The Morgan fingerprint density at radius 1 is 1.00 bits per heavy atom. The Morgan fingerprint density at radius 2 is 1.79 bits per heavy atom. The summed E-state index contributed by atoms with van der Waals surface area (Å²) in [5.41, 5.74) is 2.23. The molecular formula is C27H32N2O2S2. The van der Waals surface area contributed by atoms with Crippen molar-refractivity contribution >= 4 is 34.5 Å². The van der Waals surface area contributed by atoms with Crippen molar-refractivity contribution < 1.29 is 9.59 Å². The summed E-state index contributed by atoms with van der Waals surface area (Å²) in [6.07, 6.45) is 6.64. The van der Waals surface area contributed by atoms with Crippen LogP contribution in [0.5, 0.6) is 0 Å². The van der Waals surface area contributed by atoms with Crippen LogP contribution in [0, 0.1) is 6.92 Å². The van der Waals surface area contributed by atoms with Crippen LogP contribution < -0.4 is 5.32 Å². The van der Waals surface area contributed by atoms with Crippen LogP contribution >= 0.6 is 22.7 Å². The maximum absolute atomic E-state index is 13.7. The average Bonchev–Trinajstić information content (AvgIpc) is 3.49. The van der Waals surface area contributed by atoms with E-state index >= 15 is 0 Å². The number of hydrogen-bond donors (Lipinski definition) is 1. The maximum atomic E-state index is 13.7. The number of amides is 2. The van der Waals surface area contributed by atoms with Crippen molar-refractivity contribution in [2.75, 3.05) is 6.54 Å². The maximum Gasteiger partial charge on any atom is 0.248 e. The highest BCUT2D eigenvalue weighted by Gasteiger charge is 2.34. The van der Waals surface area contributed by atoms with Gasteiger partial charge in [0.1, 0.15) is 6.04 Å². The molecule has 1 atom stereocenters. The second-order valence-corrected chi connectivity index (χ2v) is 10.8. The topological polar surface area (TPSA) is 49.4 Å². The fraction of sp³-hybridized carbons (Fsp3) is 0.407. The molecule has 1 fully saturated rings. The zero-order valence-electron chi connectivity index (χ0n) is 19.2. The minimum Gasteiger partial charge on any atom is -0.351 e. The van der Waals surface area contributed by atoms with E-state index in [2.05, 4.69) is 17.4 Å². The van der Waals surface area contributed by atoms with Crippen LogP contribution in [0.1, 0.15) is 59.0 Å². The van der Waals surface area contributed by atoms with E-state index in [4.69, 9.17) is 0 Å². The molecule has 0 unspecified atom stereocenters. The largest absolute Gasteiger partial charge is 0.351 e. The standard InChI is InChI=1S/C27H32N2O2S2/c1-20-15-18-33-26(20)25(27(31)28-22-11-6-3-7-12-22)29(16-14-21-9-4-2-5-10-21)24(30)19-23-13-8-17-32-23/h2,4-5,8-10,13,15,17-18,22,25H,3,6-7,11-12,14,16,19H2,1H3,(H,28,31)/t25-/m1/s1. The number of hydrogen-bond acceptors (Lipinski definition) is 4. The third-order valence-corrected chi connectivity index (χ3v) is 8.32. The molecule has 0 radical (unpaired) electrons. The lowest BCUT2D eigenvalue weighted by Gasteiger charge is -2.33. The van der Waals surface area contributed by atoms with Crippen LogP contribution in [-0.4, -0.2) is 29.3 Å². The Balaban J connectivity index is 1.62. The van der Waals surface area contributed by atoms with Gasteiger partial charge in [-0.25, -0.2) is 0 Å². The summed E-state index contributed by atoms with van der Waals surface area (Å²) < 4.78 is 0. The van der Waals surface area contributed by atoms with E-state index in [0.29, 0.717) is 19.4 Å². The van der Waals surface area contributed by atoms with E-state index < -0.39 is 6.04 Å². The fourth-order valence-corrected chi connectivity index (χ4v) is 6.28. The van der Waals surface area contributed by atoms with Crippen molar-refractivity contribution in [2.24, 2.45) is 0 Å². The predicted octanol–water partition coefficient (Wildman–Crippen LogP) is 5.92. The van der Waals surface area contributed by atoms with Crippen LogP contribution in [0.3, 0.4) is 0 Å². The minimum atomic E-state index is -0.594. The van der Waals surface area contributed by atoms with Crippen molar-refractivity contribution in [3.8, 4) is 0 Å². The monoisotopic (exact) mass is 480 g/mol.